The monoisotopic (exact) mass is 225 g/mol. The van der Waals surface area contributed by atoms with Crippen LogP contribution in [0.25, 0.3) is 6.08 Å². The molecule has 0 fully saturated rings. The summed E-state index contributed by atoms with van der Waals surface area (Å²) < 4.78 is 4.42. The van der Waals surface area contributed by atoms with E-state index < -0.39 is 10.9 Å². The number of ether oxygens (including phenoxy) is 1. The van der Waals surface area contributed by atoms with Crippen LogP contribution in [0.15, 0.2) is 6.08 Å². The zero-order valence-electron chi connectivity index (χ0n) is 8.89. The Morgan fingerprint density at radius 2 is 2.38 bits per heavy atom. The number of rotatable bonds is 4. The average Bonchev–Trinajstić information content (AvgIpc) is 2.59. The third-order valence-electron chi connectivity index (χ3n) is 1.80. The van der Waals surface area contributed by atoms with Crippen LogP contribution in [0.2, 0.25) is 0 Å². The number of imidazole rings is 1. The SMILES string of the molecule is COC(=O)CC=Cc1nc(C)[nH]c1[N+](=O)[O-]. The van der Waals surface area contributed by atoms with Crippen LogP contribution in [-0.4, -0.2) is 28.0 Å². The van der Waals surface area contributed by atoms with Crippen molar-refractivity contribution >= 4 is 17.9 Å². The molecule has 0 aliphatic rings. The summed E-state index contributed by atoms with van der Waals surface area (Å²) in [6.07, 6.45) is 2.94. The number of aromatic nitrogens is 2. The summed E-state index contributed by atoms with van der Waals surface area (Å²) in [4.78, 5) is 27.3. The third-order valence-corrected chi connectivity index (χ3v) is 1.80. The number of hydrogen-bond donors (Lipinski definition) is 1. The number of aryl methyl sites for hydroxylation is 1. The standard InChI is InChI=1S/C9H11N3O4/c1-6-10-7(9(11-6)12(14)15)4-3-5-8(13)16-2/h3-4H,5H2,1-2H3,(H,10,11). The molecule has 16 heavy (non-hydrogen) atoms. The van der Waals surface area contributed by atoms with Crippen LogP contribution in [0.3, 0.4) is 0 Å². The summed E-state index contributed by atoms with van der Waals surface area (Å²) in [5.74, 6) is -0.144. The van der Waals surface area contributed by atoms with Crippen molar-refractivity contribution in [3.8, 4) is 0 Å². The van der Waals surface area contributed by atoms with Gasteiger partial charge in [-0.2, -0.15) is 0 Å². The number of nitrogens with one attached hydrogen (secondary N) is 1. The van der Waals surface area contributed by atoms with Crippen LogP contribution >= 0.6 is 0 Å². The fraction of sp³-hybridized carbons (Fsp3) is 0.333. The first kappa shape index (κ1) is 11.9. The van der Waals surface area contributed by atoms with E-state index in [0.717, 1.165) is 0 Å². The molecule has 0 saturated carbocycles. The number of methoxy groups -OCH3 is 1. The molecule has 7 nitrogen and oxygen atoms in total. The van der Waals surface area contributed by atoms with Crippen LogP contribution in [0, 0.1) is 17.0 Å². The molecular weight excluding hydrogens is 214 g/mol. The average molecular weight is 225 g/mol. The van der Waals surface area contributed by atoms with Gasteiger partial charge in [-0.15, -0.1) is 0 Å². The predicted octanol–water partition coefficient (Wildman–Crippen LogP) is 1.20. The first-order valence-corrected chi connectivity index (χ1v) is 4.49. The quantitative estimate of drug-likeness (QED) is 0.471. The molecule has 0 spiro atoms. The lowest BCUT2D eigenvalue weighted by atomic mass is 10.3. The van der Waals surface area contributed by atoms with E-state index in [0.29, 0.717) is 5.82 Å². The number of nitro groups is 1. The van der Waals surface area contributed by atoms with Crippen molar-refractivity contribution in [3.05, 3.63) is 27.7 Å². The summed E-state index contributed by atoms with van der Waals surface area (Å²) in [7, 11) is 1.28. The molecule has 0 radical (unpaired) electrons. The summed E-state index contributed by atoms with van der Waals surface area (Å²) in [5, 5.41) is 10.6. The lowest BCUT2D eigenvalue weighted by Gasteiger charge is -1.92. The molecule has 1 heterocycles. The number of H-pyrrole nitrogens is 1. The molecule has 1 rings (SSSR count). The molecule has 0 aromatic carbocycles. The summed E-state index contributed by atoms with van der Waals surface area (Å²) in [6, 6.07) is 0. The molecule has 0 aliphatic carbocycles. The Morgan fingerprint density at radius 1 is 1.69 bits per heavy atom. The van der Waals surface area contributed by atoms with Gasteiger partial charge in [-0.25, -0.2) is 9.97 Å². The molecule has 1 N–H and O–H groups in total. The first-order chi connectivity index (χ1) is 7.54. The maximum atomic E-state index is 10.8. The van der Waals surface area contributed by atoms with Gasteiger partial charge in [0, 0.05) is 6.92 Å². The van der Waals surface area contributed by atoms with Crippen LogP contribution < -0.4 is 0 Å². The topological polar surface area (TPSA) is 98.1 Å². The third kappa shape index (κ3) is 2.91. The molecule has 7 heteroatoms. The highest BCUT2D eigenvalue weighted by Crippen LogP contribution is 2.16. The predicted molar refractivity (Wildman–Crippen MR) is 55.6 cm³/mol. The van der Waals surface area contributed by atoms with Crippen molar-refractivity contribution in [3.63, 3.8) is 0 Å². The van der Waals surface area contributed by atoms with Gasteiger partial charge in [0.2, 0.25) is 0 Å². The van der Waals surface area contributed by atoms with Crippen molar-refractivity contribution < 1.29 is 14.5 Å². The van der Waals surface area contributed by atoms with E-state index in [-0.39, 0.29) is 17.9 Å². The number of carbonyl (C=O) groups is 1. The second-order valence-electron chi connectivity index (χ2n) is 3.00. The van der Waals surface area contributed by atoms with Crippen molar-refractivity contribution in [2.75, 3.05) is 7.11 Å². The smallest absolute Gasteiger partial charge is 0.348 e. The molecular formula is C9H11N3O4. The highest BCUT2D eigenvalue weighted by Gasteiger charge is 2.14. The minimum atomic E-state index is -0.558. The number of nitrogens with zero attached hydrogens (tertiary/aromatic N) is 2. The molecule has 0 bridgehead atoms. The fourth-order valence-corrected chi connectivity index (χ4v) is 1.10. The Kier molecular flexibility index (Phi) is 3.76. The van der Waals surface area contributed by atoms with Gasteiger partial charge in [0.25, 0.3) is 0 Å². The number of aromatic amines is 1. The van der Waals surface area contributed by atoms with Crippen LogP contribution in [0.5, 0.6) is 0 Å². The molecule has 1 aromatic rings. The second kappa shape index (κ2) is 5.06. The fourth-order valence-electron chi connectivity index (χ4n) is 1.10. The van der Waals surface area contributed by atoms with E-state index in [2.05, 4.69) is 14.7 Å². The van der Waals surface area contributed by atoms with Crippen LogP contribution in [0.1, 0.15) is 17.9 Å². The molecule has 0 saturated heterocycles. The van der Waals surface area contributed by atoms with E-state index in [1.54, 1.807) is 6.92 Å². The summed E-state index contributed by atoms with van der Waals surface area (Å²) >= 11 is 0. The highest BCUT2D eigenvalue weighted by molar-refractivity contribution is 5.72. The van der Waals surface area contributed by atoms with Crippen LogP contribution in [-0.2, 0) is 9.53 Å². The molecule has 1 aromatic heterocycles. The van der Waals surface area contributed by atoms with Crippen molar-refractivity contribution in [2.24, 2.45) is 0 Å². The van der Waals surface area contributed by atoms with Gasteiger partial charge in [0.15, 0.2) is 11.5 Å². The van der Waals surface area contributed by atoms with E-state index >= 15 is 0 Å². The number of esters is 1. The Hall–Kier alpha value is -2.18. The molecule has 0 unspecified atom stereocenters. The Morgan fingerprint density at radius 3 is 2.94 bits per heavy atom. The Balaban J connectivity index is 2.80. The Bertz CT molecular complexity index is 436. The second-order valence-corrected chi connectivity index (χ2v) is 3.00. The zero-order chi connectivity index (χ0) is 12.1. The number of carbonyl (C=O) groups excluding carboxylic acids is 1. The lowest BCUT2D eigenvalue weighted by Crippen LogP contribution is -1.96. The van der Waals surface area contributed by atoms with Crippen molar-refractivity contribution in [1.82, 2.24) is 9.97 Å². The van der Waals surface area contributed by atoms with Gasteiger partial charge in [-0.05, 0) is 11.0 Å². The van der Waals surface area contributed by atoms with Gasteiger partial charge < -0.3 is 14.9 Å². The summed E-state index contributed by atoms with van der Waals surface area (Å²) in [5.41, 5.74) is 0.200. The zero-order valence-corrected chi connectivity index (χ0v) is 8.89. The molecule has 0 atom stereocenters. The largest absolute Gasteiger partial charge is 0.469 e. The van der Waals surface area contributed by atoms with Gasteiger partial charge in [-0.1, -0.05) is 6.08 Å². The minimum absolute atomic E-state index is 0.0551. The van der Waals surface area contributed by atoms with Gasteiger partial charge in [0.1, 0.15) is 0 Å². The maximum absolute atomic E-state index is 10.8. The van der Waals surface area contributed by atoms with Crippen molar-refractivity contribution in [2.45, 2.75) is 13.3 Å². The van der Waals surface area contributed by atoms with Gasteiger partial charge in [0.05, 0.1) is 13.5 Å². The number of hydrogen-bond acceptors (Lipinski definition) is 5. The van der Waals surface area contributed by atoms with Gasteiger partial charge in [-0.3, -0.25) is 4.79 Å². The van der Waals surface area contributed by atoms with Gasteiger partial charge >= 0.3 is 11.8 Å². The van der Waals surface area contributed by atoms with Crippen molar-refractivity contribution in [1.29, 1.82) is 0 Å². The normalized spacial score (nSPS) is 10.6. The Labute approximate surface area is 91.3 Å². The summed E-state index contributed by atoms with van der Waals surface area (Å²) in [6.45, 7) is 1.62. The van der Waals surface area contributed by atoms with E-state index in [1.807, 2.05) is 0 Å². The van der Waals surface area contributed by atoms with E-state index in [4.69, 9.17) is 0 Å². The lowest BCUT2D eigenvalue weighted by molar-refractivity contribution is -0.389. The van der Waals surface area contributed by atoms with E-state index in [1.165, 1.54) is 19.3 Å². The maximum Gasteiger partial charge on any atom is 0.348 e. The molecule has 0 amide bonds. The minimum Gasteiger partial charge on any atom is -0.469 e. The molecule has 0 aliphatic heterocycles. The first-order valence-electron chi connectivity index (χ1n) is 4.49. The molecule has 86 valence electrons. The van der Waals surface area contributed by atoms with E-state index in [9.17, 15) is 14.9 Å². The highest BCUT2D eigenvalue weighted by atomic mass is 16.6. The van der Waals surface area contributed by atoms with Crippen LogP contribution in [0.4, 0.5) is 5.82 Å².